The molecule has 5 rings (SSSR count). The summed E-state index contributed by atoms with van der Waals surface area (Å²) in [6, 6.07) is 23.8. The molecule has 0 amide bonds. The minimum absolute atomic E-state index is 0.132. The smallest absolute Gasteiger partial charge is 0.251 e. The fourth-order valence-corrected chi connectivity index (χ4v) is 4.84. The Hall–Kier alpha value is -4.17. The van der Waals surface area contributed by atoms with Gasteiger partial charge in [0.2, 0.25) is 0 Å². The topological polar surface area (TPSA) is 55.1 Å². The van der Waals surface area contributed by atoms with E-state index in [1.54, 1.807) is 42.2 Å². The van der Waals surface area contributed by atoms with E-state index in [-0.39, 0.29) is 5.56 Å². The fraction of sp³-hybridized carbons (Fsp3) is 0.0968. The van der Waals surface area contributed by atoms with Crippen LogP contribution in [0.3, 0.4) is 0 Å². The second-order valence-corrected chi connectivity index (χ2v) is 9.26. The summed E-state index contributed by atoms with van der Waals surface area (Å²) in [5.41, 5.74) is 4.25. The molecule has 0 aliphatic heterocycles. The summed E-state index contributed by atoms with van der Waals surface area (Å²) in [7, 11) is 1.74. The number of halogens is 1. The first-order valence-corrected chi connectivity index (χ1v) is 11.8. The van der Waals surface area contributed by atoms with E-state index < -0.39 is 5.60 Å². The zero-order valence-corrected chi connectivity index (χ0v) is 20.6. The molecule has 36 heavy (non-hydrogen) atoms. The number of terminal acetylenes is 1. The Balaban J connectivity index is 1.85. The molecule has 5 heteroatoms. The van der Waals surface area contributed by atoms with Crippen LogP contribution in [0.15, 0.2) is 96.1 Å². The van der Waals surface area contributed by atoms with E-state index in [4.69, 9.17) is 18.0 Å². The van der Waals surface area contributed by atoms with E-state index in [1.807, 2.05) is 67.6 Å². The van der Waals surface area contributed by atoms with Crippen LogP contribution >= 0.6 is 11.6 Å². The van der Waals surface area contributed by atoms with Gasteiger partial charge in [-0.3, -0.25) is 9.78 Å². The number of hydrogen-bond acceptors (Lipinski definition) is 3. The second-order valence-electron chi connectivity index (χ2n) is 8.82. The molecule has 3 aromatic carbocycles. The van der Waals surface area contributed by atoms with Crippen molar-refractivity contribution in [1.82, 2.24) is 9.55 Å². The SMILES string of the molecule is C#Cc1cccc(-c2cc(=O)n(C)c3ccc(C(O)(c4ccc(Cl)cc4)c4cnccc4C)cc23)c1. The molecule has 1 unspecified atom stereocenters. The molecule has 1 N–H and O–H groups in total. The molecule has 0 radical (unpaired) electrons. The Morgan fingerprint density at radius 2 is 1.75 bits per heavy atom. The molecule has 0 saturated carbocycles. The molecule has 0 aliphatic rings. The fourth-order valence-electron chi connectivity index (χ4n) is 4.71. The summed E-state index contributed by atoms with van der Waals surface area (Å²) >= 11 is 6.17. The van der Waals surface area contributed by atoms with Crippen molar-refractivity contribution in [3.05, 3.63) is 134 Å². The van der Waals surface area contributed by atoms with Gasteiger partial charge in [0.05, 0.1) is 5.52 Å². The standard InChI is InChI=1S/C31H23ClN2O2/c1-4-21-6-5-7-22(16-21)26-18-30(35)34(3)29-13-10-24(17-27(26)29)31(36,23-8-11-25(32)12-9-23)28-19-33-15-14-20(28)2/h1,5-19,36H,2-3H3. The molecule has 2 heterocycles. The molecule has 0 saturated heterocycles. The maximum Gasteiger partial charge on any atom is 0.251 e. The quantitative estimate of drug-likeness (QED) is 0.322. The van der Waals surface area contributed by atoms with Crippen molar-refractivity contribution in [2.45, 2.75) is 12.5 Å². The molecule has 0 spiro atoms. The number of rotatable bonds is 4. The maximum atomic E-state index is 12.8. The maximum absolute atomic E-state index is 12.8. The number of hydrogen-bond donors (Lipinski definition) is 1. The summed E-state index contributed by atoms with van der Waals surface area (Å²) in [5, 5.41) is 13.8. The highest BCUT2D eigenvalue weighted by Gasteiger charge is 2.36. The number of nitrogens with zero attached hydrogens (tertiary/aromatic N) is 2. The van der Waals surface area contributed by atoms with Gasteiger partial charge < -0.3 is 9.67 Å². The van der Waals surface area contributed by atoms with E-state index in [1.165, 1.54) is 0 Å². The highest BCUT2D eigenvalue weighted by Crippen LogP contribution is 2.40. The molecule has 0 bridgehead atoms. The normalized spacial score (nSPS) is 12.8. The van der Waals surface area contributed by atoms with Crippen molar-refractivity contribution in [2.24, 2.45) is 7.05 Å². The Bertz CT molecular complexity index is 1710. The molecular formula is C31H23ClN2O2. The molecular weight excluding hydrogens is 468 g/mol. The van der Waals surface area contributed by atoms with E-state index in [9.17, 15) is 9.90 Å². The Labute approximate surface area is 214 Å². The van der Waals surface area contributed by atoms with Gasteiger partial charge in [-0.05, 0) is 77.2 Å². The van der Waals surface area contributed by atoms with Crippen LogP contribution in [0, 0.1) is 19.3 Å². The average molecular weight is 491 g/mol. The van der Waals surface area contributed by atoms with Crippen molar-refractivity contribution >= 4 is 22.5 Å². The third kappa shape index (κ3) is 3.89. The molecule has 1 atom stereocenters. The van der Waals surface area contributed by atoms with Crippen LogP contribution < -0.4 is 5.56 Å². The van der Waals surface area contributed by atoms with Crippen molar-refractivity contribution in [3.63, 3.8) is 0 Å². The summed E-state index contributed by atoms with van der Waals surface area (Å²) in [6.45, 7) is 1.94. The highest BCUT2D eigenvalue weighted by atomic mass is 35.5. The van der Waals surface area contributed by atoms with Gasteiger partial charge in [-0.15, -0.1) is 6.42 Å². The lowest BCUT2D eigenvalue weighted by Gasteiger charge is -2.31. The van der Waals surface area contributed by atoms with Crippen LogP contribution in [0.4, 0.5) is 0 Å². The first kappa shape index (κ1) is 23.6. The number of fused-ring (bicyclic) bond motifs is 1. The van der Waals surface area contributed by atoms with Crippen LogP contribution in [0.5, 0.6) is 0 Å². The van der Waals surface area contributed by atoms with Gasteiger partial charge in [0.15, 0.2) is 0 Å². The van der Waals surface area contributed by atoms with Gasteiger partial charge in [-0.1, -0.05) is 47.9 Å². The van der Waals surface area contributed by atoms with Gasteiger partial charge in [0, 0.05) is 47.0 Å². The Morgan fingerprint density at radius 1 is 1.00 bits per heavy atom. The largest absolute Gasteiger partial charge is 0.376 e. The molecule has 176 valence electrons. The lowest BCUT2D eigenvalue weighted by molar-refractivity contribution is 0.125. The predicted molar refractivity (Wildman–Crippen MR) is 145 cm³/mol. The van der Waals surface area contributed by atoms with E-state index in [0.717, 1.165) is 33.2 Å². The molecule has 0 aliphatic carbocycles. The lowest BCUT2D eigenvalue weighted by atomic mass is 9.78. The number of benzene rings is 3. The number of aryl methyl sites for hydroxylation is 2. The zero-order chi connectivity index (χ0) is 25.4. The average Bonchev–Trinajstić information content (AvgIpc) is 2.90. The third-order valence-electron chi connectivity index (χ3n) is 6.70. The number of aliphatic hydroxyl groups is 1. The van der Waals surface area contributed by atoms with Crippen molar-refractivity contribution in [1.29, 1.82) is 0 Å². The van der Waals surface area contributed by atoms with E-state index in [2.05, 4.69) is 10.9 Å². The lowest BCUT2D eigenvalue weighted by Crippen LogP contribution is -2.30. The van der Waals surface area contributed by atoms with Crippen LogP contribution in [-0.4, -0.2) is 14.7 Å². The first-order chi connectivity index (χ1) is 17.3. The van der Waals surface area contributed by atoms with Gasteiger partial charge in [-0.25, -0.2) is 0 Å². The second kappa shape index (κ2) is 9.13. The van der Waals surface area contributed by atoms with Crippen molar-refractivity contribution < 1.29 is 5.11 Å². The molecule has 2 aromatic heterocycles. The van der Waals surface area contributed by atoms with Crippen LogP contribution in [0.1, 0.15) is 27.8 Å². The first-order valence-electron chi connectivity index (χ1n) is 11.4. The van der Waals surface area contributed by atoms with Gasteiger partial charge in [-0.2, -0.15) is 0 Å². The summed E-state index contributed by atoms with van der Waals surface area (Å²) in [5.74, 6) is 2.66. The van der Waals surface area contributed by atoms with Gasteiger partial charge in [0.25, 0.3) is 5.56 Å². The highest BCUT2D eigenvalue weighted by molar-refractivity contribution is 6.30. The summed E-state index contributed by atoms with van der Waals surface area (Å²) in [6.07, 6.45) is 9.02. The third-order valence-corrected chi connectivity index (χ3v) is 6.95. The van der Waals surface area contributed by atoms with E-state index >= 15 is 0 Å². The summed E-state index contributed by atoms with van der Waals surface area (Å²) < 4.78 is 1.60. The van der Waals surface area contributed by atoms with Crippen molar-refractivity contribution in [2.75, 3.05) is 0 Å². The molecule has 4 nitrogen and oxygen atoms in total. The van der Waals surface area contributed by atoms with Crippen LogP contribution in [0.25, 0.3) is 22.0 Å². The minimum atomic E-state index is -1.51. The summed E-state index contributed by atoms with van der Waals surface area (Å²) in [4.78, 5) is 17.1. The van der Waals surface area contributed by atoms with Gasteiger partial charge in [0.1, 0.15) is 5.60 Å². The van der Waals surface area contributed by atoms with Crippen LogP contribution in [0.2, 0.25) is 5.02 Å². The predicted octanol–water partition coefficient (Wildman–Crippen LogP) is 5.83. The molecule has 5 aromatic rings. The van der Waals surface area contributed by atoms with Crippen molar-refractivity contribution in [3.8, 4) is 23.5 Å². The minimum Gasteiger partial charge on any atom is -0.376 e. The Kier molecular flexibility index (Phi) is 5.97. The van der Waals surface area contributed by atoms with Crippen LogP contribution in [-0.2, 0) is 12.6 Å². The number of pyridine rings is 2. The van der Waals surface area contributed by atoms with E-state index in [0.29, 0.717) is 21.7 Å². The monoisotopic (exact) mass is 490 g/mol. The Morgan fingerprint density at radius 3 is 2.47 bits per heavy atom. The molecule has 0 fully saturated rings. The zero-order valence-electron chi connectivity index (χ0n) is 19.9. The number of aromatic nitrogens is 2. The van der Waals surface area contributed by atoms with Gasteiger partial charge >= 0.3 is 0 Å².